The smallest absolute Gasteiger partial charge is 0.239 e. The van der Waals surface area contributed by atoms with E-state index in [0.29, 0.717) is 24.3 Å². The Morgan fingerprint density at radius 3 is 2.67 bits per heavy atom. The van der Waals surface area contributed by atoms with Crippen LogP contribution in [0.1, 0.15) is 43.5 Å². The SMILES string of the molecule is Cc1cc(-c2nc(C#N)nc3c2ccn3CC2CCOC2)ccc1OCC1CCN(C(=O)[C@@H]2CCCN2C)CC1. The number of aromatic nitrogens is 3. The zero-order valence-corrected chi connectivity index (χ0v) is 23.5. The lowest BCUT2D eigenvalue weighted by Crippen LogP contribution is -2.47. The minimum atomic E-state index is 0.0646. The van der Waals surface area contributed by atoms with Crippen molar-refractivity contribution >= 4 is 16.9 Å². The van der Waals surface area contributed by atoms with Crippen molar-refractivity contribution in [1.29, 1.82) is 5.26 Å². The molecule has 0 radical (unpaired) electrons. The average Bonchev–Trinajstić information content (AvgIpc) is 3.74. The Morgan fingerprint density at radius 2 is 1.98 bits per heavy atom. The molecule has 2 aromatic heterocycles. The van der Waals surface area contributed by atoms with Gasteiger partial charge in [-0.1, -0.05) is 0 Å². The molecule has 1 unspecified atom stereocenters. The van der Waals surface area contributed by atoms with Crippen molar-refractivity contribution in [2.45, 2.75) is 51.6 Å². The molecular formula is C31H38N6O3. The maximum Gasteiger partial charge on any atom is 0.239 e. The van der Waals surface area contributed by atoms with Crippen LogP contribution >= 0.6 is 0 Å². The van der Waals surface area contributed by atoms with Crippen LogP contribution in [0.25, 0.3) is 22.3 Å². The van der Waals surface area contributed by atoms with Crippen LogP contribution in [0.4, 0.5) is 0 Å². The minimum Gasteiger partial charge on any atom is -0.493 e. The normalized spacial score (nSPS) is 22.2. The molecule has 2 atom stereocenters. The van der Waals surface area contributed by atoms with E-state index in [1.165, 1.54) is 0 Å². The molecule has 9 heteroatoms. The number of likely N-dealkylation sites (tertiary alicyclic amines) is 2. The number of benzene rings is 1. The standard InChI is InChI=1S/C31H38N6O3/c1-21-16-24(29-25-9-14-37(18-23-10-15-39-19-23)30(25)34-28(17-32)33-29)5-6-27(21)40-20-22-7-12-36(13-8-22)31(38)26-4-3-11-35(26)2/h5-6,9,14,16,22-23,26H,3-4,7-8,10-13,15,18-20H2,1-2H3/t23?,26-/m0/s1. The Morgan fingerprint density at radius 1 is 1.12 bits per heavy atom. The Bertz CT molecular complexity index is 1410. The first-order chi connectivity index (χ1) is 19.5. The first kappa shape index (κ1) is 26.7. The van der Waals surface area contributed by atoms with Gasteiger partial charge < -0.3 is 18.9 Å². The van der Waals surface area contributed by atoms with E-state index in [-0.39, 0.29) is 11.9 Å². The summed E-state index contributed by atoms with van der Waals surface area (Å²) >= 11 is 0. The second-order valence-corrected chi connectivity index (χ2v) is 11.6. The molecule has 3 saturated heterocycles. The number of piperidine rings is 1. The summed E-state index contributed by atoms with van der Waals surface area (Å²) in [7, 11) is 2.06. The third-order valence-electron chi connectivity index (χ3n) is 8.85. The Kier molecular flexibility index (Phi) is 7.72. The van der Waals surface area contributed by atoms with E-state index in [1.54, 1.807) is 0 Å². The number of nitrogens with zero attached hydrogens (tertiary/aromatic N) is 6. The molecule has 0 saturated carbocycles. The van der Waals surface area contributed by atoms with E-state index >= 15 is 0 Å². The number of carbonyl (C=O) groups excluding carboxylic acids is 1. The summed E-state index contributed by atoms with van der Waals surface area (Å²) in [5.41, 5.74) is 3.53. The number of aryl methyl sites for hydroxylation is 1. The van der Waals surface area contributed by atoms with Crippen molar-refractivity contribution in [2.24, 2.45) is 11.8 Å². The van der Waals surface area contributed by atoms with Crippen molar-refractivity contribution in [1.82, 2.24) is 24.3 Å². The summed E-state index contributed by atoms with van der Waals surface area (Å²) < 4.78 is 13.9. The van der Waals surface area contributed by atoms with E-state index < -0.39 is 0 Å². The monoisotopic (exact) mass is 542 g/mol. The van der Waals surface area contributed by atoms with Gasteiger partial charge in [-0.15, -0.1) is 0 Å². The average molecular weight is 543 g/mol. The predicted octanol–water partition coefficient (Wildman–Crippen LogP) is 4.03. The van der Waals surface area contributed by atoms with Crippen LogP contribution in [0.3, 0.4) is 0 Å². The van der Waals surface area contributed by atoms with Crippen LogP contribution < -0.4 is 4.74 Å². The van der Waals surface area contributed by atoms with Crippen LogP contribution in [0.2, 0.25) is 0 Å². The highest BCUT2D eigenvalue weighted by Gasteiger charge is 2.33. The van der Waals surface area contributed by atoms with Gasteiger partial charge >= 0.3 is 0 Å². The molecule has 210 valence electrons. The van der Waals surface area contributed by atoms with Gasteiger partial charge in [0.1, 0.15) is 17.5 Å². The molecule has 1 aromatic carbocycles. The van der Waals surface area contributed by atoms with Crippen LogP contribution in [-0.2, 0) is 16.1 Å². The van der Waals surface area contributed by atoms with E-state index in [4.69, 9.17) is 9.47 Å². The molecule has 3 aliphatic rings. The number of fused-ring (bicyclic) bond motifs is 1. The van der Waals surface area contributed by atoms with Gasteiger partial charge in [-0.2, -0.15) is 5.26 Å². The summed E-state index contributed by atoms with van der Waals surface area (Å²) in [5.74, 6) is 2.23. The molecule has 9 nitrogen and oxygen atoms in total. The third-order valence-corrected chi connectivity index (χ3v) is 8.85. The van der Waals surface area contributed by atoms with E-state index in [0.717, 1.165) is 105 Å². The Hall–Kier alpha value is -3.48. The Balaban J connectivity index is 1.11. The summed E-state index contributed by atoms with van der Waals surface area (Å²) in [4.78, 5) is 26.3. The highest BCUT2D eigenvalue weighted by molar-refractivity contribution is 5.91. The topological polar surface area (TPSA) is 96.5 Å². The predicted molar refractivity (Wildman–Crippen MR) is 152 cm³/mol. The maximum atomic E-state index is 12.9. The number of likely N-dealkylation sites (N-methyl/N-ethyl adjacent to an activating group) is 1. The second kappa shape index (κ2) is 11.6. The number of rotatable bonds is 7. The largest absolute Gasteiger partial charge is 0.493 e. The van der Waals surface area contributed by atoms with Gasteiger partial charge in [-0.25, -0.2) is 9.97 Å². The first-order valence-electron chi connectivity index (χ1n) is 14.6. The van der Waals surface area contributed by atoms with Crippen LogP contribution in [0, 0.1) is 30.1 Å². The third kappa shape index (κ3) is 5.43. The van der Waals surface area contributed by atoms with Gasteiger partial charge in [0, 0.05) is 49.3 Å². The number of amides is 1. The molecule has 40 heavy (non-hydrogen) atoms. The molecule has 3 aliphatic heterocycles. The number of hydrogen-bond acceptors (Lipinski definition) is 7. The molecule has 0 aliphatic carbocycles. The summed E-state index contributed by atoms with van der Waals surface area (Å²) in [5, 5.41) is 10.6. The van der Waals surface area contributed by atoms with Gasteiger partial charge in [0.25, 0.3) is 0 Å². The Labute approximate surface area is 235 Å². The van der Waals surface area contributed by atoms with Crippen LogP contribution in [-0.4, -0.2) is 82.8 Å². The summed E-state index contributed by atoms with van der Waals surface area (Å²) in [6, 6.07) is 10.4. The molecule has 6 rings (SSSR count). The van der Waals surface area contributed by atoms with Crippen LogP contribution in [0.5, 0.6) is 5.75 Å². The fourth-order valence-electron chi connectivity index (χ4n) is 6.41. The molecule has 3 fully saturated rings. The summed E-state index contributed by atoms with van der Waals surface area (Å²) in [6.45, 7) is 7.73. The number of hydrogen-bond donors (Lipinski definition) is 0. The number of nitriles is 1. The van der Waals surface area contributed by atoms with Gasteiger partial charge in [0.15, 0.2) is 0 Å². The van der Waals surface area contributed by atoms with Crippen molar-refractivity contribution in [3.63, 3.8) is 0 Å². The maximum absolute atomic E-state index is 12.9. The molecule has 5 heterocycles. The van der Waals surface area contributed by atoms with Crippen molar-refractivity contribution in [2.75, 3.05) is 46.5 Å². The minimum absolute atomic E-state index is 0.0646. The molecular weight excluding hydrogens is 504 g/mol. The second-order valence-electron chi connectivity index (χ2n) is 11.6. The molecule has 0 N–H and O–H groups in total. The van der Waals surface area contributed by atoms with Crippen LogP contribution in [0.15, 0.2) is 30.5 Å². The first-order valence-corrected chi connectivity index (χ1v) is 14.6. The highest BCUT2D eigenvalue weighted by atomic mass is 16.5. The van der Waals surface area contributed by atoms with Crippen molar-refractivity contribution in [3.05, 3.63) is 41.9 Å². The number of carbonyl (C=O) groups is 1. The zero-order chi connectivity index (χ0) is 27.6. The lowest BCUT2D eigenvalue weighted by atomic mass is 9.97. The van der Waals surface area contributed by atoms with Gasteiger partial charge in [0.2, 0.25) is 11.7 Å². The molecule has 0 bridgehead atoms. The fraction of sp³-hybridized carbons (Fsp3) is 0.548. The van der Waals surface area contributed by atoms with Gasteiger partial charge in [0.05, 0.1) is 24.9 Å². The molecule has 0 spiro atoms. The van der Waals surface area contributed by atoms with Crippen molar-refractivity contribution in [3.8, 4) is 23.1 Å². The zero-order valence-electron chi connectivity index (χ0n) is 23.5. The quantitative estimate of drug-likeness (QED) is 0.445. The lowest BCUT2D eigenvalue weighted by Gasteiger charge is -2.34. The number of ether oxygens (including phenoxy) is 2. The van der Waals surface area contributed by atoms with E-state index in [2.05, 4.69) is 43.5 Å². The summed E-state index contributed by atoms with van der Waals surface area (Å²) in [6.07, 6.45) is 7.11. The van der Waals surface area contributed by atoms with Gasteiger partial charge in [-0.3, -0.25) is 9.69 Å². The lowest BCUT2D eigenvalue weighted by molar-refractivity contribution is -0.137. The van der Waals surface area contributed by atoms with E-state index in [1.807, 2.05) is 31.3 Å². The fourth-order valence-corrected chi connectivity index (χ4v) is 6.41. The van der Waals surface area contributed by atoms with E-state index in [9.17, 15) is 10.1 Å². The van der Waals surface area contributed by atoms with Gasteiger partial charge in [-0.05, 0) is 88.4 Å². The highest BCUT2D eigenvalue weighted by Crippen LogP contribution is 2.32. The molecule has 3 aromatic rings. The molecule has 1 amide bonds. The van der Waals surface area contributed by atoms with Crippen molar-refractivity contribution < 1.29 is 14.3 Å².